The van der Waals surface area contributed by atoms with Gasteiger partial charge in [-0.3, -0.25) is 0 Å². The van der Waals surface area contributed by atoms with Crippen molar-refractivity contribution in [2.75, 3.05) is 33.2 Å². The van der Waals surface area contributed by atoms with Gasteiger partial charge in [0.1, 0.15) is 38.4 Å². The molecule has 4 heteroatoms. The lowest BCUT2D eigenvalue weighted by Gasteiger charge is -2.29. The van der Waals surface area contributed by atoms with Crippen molar-refractivity contribution in [1.29, 1.82) is 0 Å². The van der Waals surface area contributed by atoms with Crippen LogP contribution in [-0.2, 0) is 0 Å². The Labute approximate surface area is 73.5 Å². The first kappa shape index (κ1) is 9.48. The fourth-order valence-corrected chi connectivity index (χ4v) is 1.66. The third-order valence-corrected chi connectivity index (χ3v) is 2.68. The second-order valence-electron chi connectivity index (χ2n) is 3.67. The predicted molar refractivity (Wildman–Crippen MR) is 47.1 cm³/mol. The molecule has 1 rings (SSSR count). The second kappa shape index (κ2) is 4.42. The third-order valence-electron chi connectivity index (χ3n) is 2.68. The Kier molecular flexibility index (Phi) is 3.49. The lowest BCUT2D eigenvalue weighted by Crippen LogP contribution is -3.28. The van der Waals surface area contributed by atoms with Crippen molar-refractivity contribution in [3.05, 3.63) is 0 Å². The van der Waals surface area contributed by atoms with E-state index in [2.05, 4.69) is 19.1 Å². The quantitative estimate of drug-likeness (QED) is 0.236. The minimum absolute atomic E-state index is 0.350. The van der Waals surface area contributed by atoms with Crippen LogP contribution in [-0.4, -0.2) is 50.7 Å². The van der Waals surface area contributed by atoms with Crippen molar-refractivity contribution >= 4 is 6.21 Å². The molecule has 0 aromatic rings. The van der Waals surface area contributed by atoms with E-state index in [1.807, 2.05) is 0 Å². The van der Waals surface area contributed by atoms with Gasteiger partial charge in [-0.05, 0) is 6.92 Å². The maximum Gasteiger partial charge on any atom is 0.128 e. The van der Waals surface area contributed by atoms with Crippen LogP contribution in [0.25, 0.3) is 0 Å². The molecule has 70 valence electrons. The zero-order chi connectivity index (χ0) is 8.97. The summed E-state index contributed by atoms with van der Waals surface area (Å²) >= 11 is 0. The largest absolute Gasteiger partial charge is 0.411 e. The maximum atomic E-state index is 8.37. The highest BCUT2D eigenvalue weighted by atomic mass is 16.4. The predicted octanol–water partition coefficient (Wildman–Crippen LogP) is -2.75. The zero-order valence-corrected chi connectivity index (χ0v) is 7.88. The number of oxime groups is 1. The van der Waals surface area contributed by atoms with Crippen molar-refractivity contribution in [1.82, 2.24) is 0 Å². The minimum atomic E-state index is 0.350. The molecule has 1 heterocycles. The number of rotatable bonds is 2. The van der Waals surface area contributed by atoms with E-state index in [1.165, 1.54) is 31.1 Å². The van der Waals surface area contributed by atoms with Gasteiger partial charge in [0.15, 0.2) is 0 Å². The van der Waals surface area contributed by atoms with Crippen LogP contribution in [0.3, 0.4) is 0 Å². The smallest absolute Gasteiger partial charge is 0.128 e. The summed E-state index contributed by atoms with van der Waals surface area (Å²) in [5, 5.41) is 11.4. The van der Waals surface area contributed by atoms with Gasteiger partial charge in [-0.1, -0.05) is 5.16 Å². The Morgan fingerprint density at radius 3 is 2.42 bits per heavy atom. The number of piperazine rings is 1. The molecule has 0 aliphatic carbocycles. The first-order valence-corrected chi connectivity index (χ1v) is 4.57. The number of nitrogens with zero attached hydrogens (tertiary/aromatic N) is 1. The van der Waals surface area contributed by atoms with Gasteiger partial charge in [-0.2, -0.15) is 0 Å². The fraction of sp³-hybridized carbons (Fsp3) is 0.875. The van der Waals surface area contributed by atoms with Crippen molar-refractivity contribution in [3.8, 4) is 0 Å². The summed E-state index contributed by atoms with van der Waals surface area (Å²) in [5.74, 6) is 0. The molecule has 0 unspecified atom stereocenters. The van der Waals surface area contributed by atoms with E-state index in [-0.39, 0.29) is 0 Å². The summed E-state index contributed by atoms with van der Waals surface area (Å²) in [5.41, 5.74) is 0. The van der Waals surface area contributed by atoms with E-state index in [9.17, 15) is 0 Å². The number of hydrogen-bond donors (Lipinski definition) is 3. The van der Waals surface area contributed by atoms with Crippen LogP contribution >= 0.6 is 0 Å². The topological polar surface area (TPSA) is 41.5 Å². The molecular formula is C8H19N3O+2. The van der Waals surface area contributed by atoms with Gasteiger partial charge in [0.2, 0.25) is 0 Å². The standard InChI is InChI=1S/C8H17N3O/c1-8(7-9-12)11-5-3-10(2)4-6-11/h7-8,12H,3-6H2,1-2H3/p+2/b9-7-/t8-/m1/s1. The van der Waals surface area contributed by atoms with E-state index in [1.54, 1.807) is 11.1 Å². The lowest BCUT2D eigenvalue weighted by atomic mass is 10.2. The molecular weight excluding hydrogens is 154 g/mol. The number of likely N-dealkylation sites (N-methyl/N-ethyl adjacent to an activating group) is 1. The first-order chi connectivity index (χ1) is 5.74. The Bertz CT molecular complexity index is 152. The molecule has 0 aromatic heterocycles. The first-order valence-electron chi connectivity index (χ1n) is 4.57. The molecule has 1 aliphatic heterocycles. The van der Waals surface area contributed by atoms with Crippen molar-refractivity contribution in [2.24, 2.45) is 5.16 Å². The maximum absolute atomic E-state index is 8.37. The third kappa shape index (κ3) is 2.46. The minimum Gasteiger partial charge on any atom is -0.411 e. The van der Waals surface area contributed by atoms with E-state index in [0.717, 1.165) is 0 Å². The SMILES string of the molecule is C[C@H](/C=N\O)[NH+]1CC[NH+](C)CC1. The van der Waals surface area contributed by atoms with Gasteiger partial charge in [-0.25, -0.2) is 0 Å². The molecule has 0 radical (unpaired) electrons. The molecule has 1 atom stereocenters. The Balaban J connectivity index is 2.33. The van der Waals surface area contributed by atoms with Crippen LogP contribution in [0.2, 0.25) is 0 Å². The fourth-order valence-electron chi connectivity index (χ4n) is 1.66. The van der Waals surface area contributed by atoms with Gasteiger partial charge in [0.05, 0.1) is 7.05 Å². The second-order valence-corrected chi connectivity index (χ2v) is 3.67. The molecule has 12 heavy (non-hydrogen) atoms. The summed E-state index contributed by atoms with van der Waals surface area (Å²) in [7, 11) is 2.22. The average Bonchev–Trinajstić information content (AvgIpc) is 2.06. The van der Waals surface area contributed by atoms with E-state index < -0.39 is 0 Å². The highest BCUT2D eigenvalue weighted by Crippen LogP contribution is 1.69. The van der Waals surface area contributed by atoms with E-state index in [0.29, 0.717) is 6.04 Å². The van der Waals surface area contributed by atoms with Crippen LogP contribution in [0.4, 0.5) is 0 Å². The molecule has 0 aromatic carbocycles. The molecule has 0 spiro atoms. The molecule has 1 fully saturated rings. The van der Waals surface area contributed by atoms with Crippen LogP contribution in [0, 0.1) is 0 Å². The summed E-state index contributed by atoms with van der Waals surface area (Å²) in [6.07, 6.45) is 1.62. The van der Waals surface area contributed by atoms with Crippen LogP contribution in [0.1, 0.15) is 6.92 Å². The molecule has 3 N–H and O–H groups in total. The van der Waals surface area contributed by atoms with Crippen molar-refractivity contribution in [3.63, 3.8) is 0 Å². The van der Waals surface area contributed by atoms with Gasteiger partial charge in [0.25, 0.3) is 0 Å². The average molecular weight is 173 g/mol. The highest BCUT2D eigenvalue weighted by Gasteiger charge is 2.23. The molecule has 0 bridgehead atoms. The zero-order valence-electron chi connectivity index (χ0n) is 7.88. The van der Waals surface area contributed by atoms with Crippen LogP contribution in [0.15, 0.2) is 5.16 Å². The molecule has 1 saturated heterocycles. The van der Waals surface area contributed by atoms with E-state index >= 15 is 0 Å². The Hall–Kier alpha value is -0.610. The van der Waals surface area contributed by atoms with Gasteiger partial charge in [-0.15, -0.1) is 0 Å². The normalized spacial score (nSPS) is 33.8. The van der Waals surface area contributed by atoms with Crippen molar-refractivity contribution in [2.45, 2.75) is 13.0 Å². The van der Waals surface area contributed by atoms with Crippen LogP contribution < -0.4 is 9.80 Å². The summed E-state index contributed by atoms with van der Waals surface area (Å²) in [6.45, 7) is 6.89. The van der Waals surface area contributed by atoms with Gasteiger partial charge < -0.3 is 15.0 Å². The molecule has 0 amide bonds. The summed E-state index contributed by atoms with van der Waals surface area (Å²) in [6, 6.07) is 0.350. The summed E-state index contributed by atoms with van der Waals surface area (Å²) in [4.78, 5) is 3.13. The lowest BCUT2D eigenvalue weighted by molar-refractivity contribution is -1.01. The number of hydrogen-bond acceptors (Lipinski definition) is 2. The van der Waals surface area contributed by atoms with Gasteiger partial charge >= 0.3 is 0 Å². The number of quaternary nitrogens is 2. The Morgan fingerprint density at radius 2 is 1.92 bits per heavy atom. The Morgan fingerprint density at radius 1 is 1.33 bits per heavy atom. The number of nitrogens with one attached hydrogen (secondary N) is 2. The molecule has 4 nitrogen and oxygen atoms in total. The van der Waals surface area contributed by atoms with Crippen LogP contribution in [0.5, 0.6) is 0 Å². The highest BCUT2D eigenvalue weighted by molar-refractivity contribution is 5.60. The van der Waals surface area contributed by atoms with Crippen molar-refractivity contribution < 1.29 is 15.0 Å². The van der Waals surface area contributed by atoms with Gasteiger partial charge in [0, 0.05) is 0 Å². The summed E-state index contributed by atoms with van der Waals surface area (Å²) < 4.78 is 0. The molecule has 0 saturated carbocycles. The van der Waals surface area contributed by atoms with E-state index in [4.69, 9.17) is 5.21 Å². The monoisotopic (exact) mass is 173 g/mol. The molecule has 1 aliphatic rings.